The molecule has 0 spiro atoms. The first kappa shape index (κ1) is 17.2. The van der Waals surface area contributed by atoms with Crippen molar-refractivity contribution in [3.63, 3.8) is 0 Å². The Bertz CT molecular complexity index is 895. The number of ketones is 1. The Balaban J connectivity index is 1.75. The third-order valence-electron chi connectivity index (χ3n) is 3.64. The Morgan fingerprint density at radius 2 is 1.84 bits per heavy atom. The van der Waals surface area contributed by atoms with Gasteiger partial charge >= 0.3 is 0 Å². The summed E-state index contributed by atoms with van der Waals surface area (Å²) in [4.78, 5) is 16.7. The molecule has 0 amide bonds. The lowest BCUT2D eigenvalue weighted by molar-refractivity contribution is 0.103. The molecule has 0 bridgehead atoms. The van der Waals surface area contributed by atoms with Gasteiger partial charge < -0.3 is 9.47 Å². The van der Waals surface area contributed by atoms with Crippen molar-refractivity contribution in [2.45, 2.75) is 6.61 Å². The van der Waals surface area contributed by atoms with Crippen LogP contribution in [0.15, 0.2) is 71.5 Å². The van der Waals surface area contributed by atoms with Gasteiger partial charge in [0.1, 0.15) is 22.7 Å². The molecule has 25 heavy (non-hydrogen) atoms. The minimum absolute atomic E-state index is 0.105. The highest BCUT2D eigenvalue weighted by Gasteiger charge is 2.13. The maximum atomic E-state index is 12.6. The summed E-state index contributed by atoms with van der Waals surface area (Å²) < 4.78 is 11.6. The first-order valence-corrected chi connectivity index (χ1v) is 8.47. The third-order valence-corrected chi connectivity index (χ3v) is 4.27. The first-order chi connectivity index (χ1) is 12.2. The fraction of sp³-hybridized carbons (Fsp3) is 0.100. The van der Waals surface area contributed by atoms with Gasteiger partial charge in [0.25, 0.3) is 0 Å². The average molecular weight is 398 g/mol. The van der Waals surface area contributed by atoms with Crippen LogP contribution in [-0.2, 0) is 6.61 Å². The molecule has 0 N–H and O–H groups in total. The van der Waals surface area contributed by atoms with E-state index in [0.717, 1.165) is 11.3 Å². The molecule has 3 aromatic rings. The topological polar surface area (TPSA) is 48.4 Å². The van der Waals surface area contributed by atoms with Crippen LogP contribution < -0.4 is 9.47 Å². The summed E-state index contributed by atoms with van der Waals surface area (Å²) in [6.45, 7) is 0.394. The van der Waals surface area contributed by atoms with Gasteiger partial charge in [-0.05, 0) is 57.9 Å². The van der Waals surface area contributed by atoms with Crippen LogP contribution in [0.25, 0.3) is 0 Å². The number of hydrogen-bond acceptors (Lipinski definition) is 4. The van der Waals surface area contributed by atoms with Crippen LogP contribution in [-0.4, -0.2) is 17.9 Å². The zero-order chi connectivity index (χ0) is 17.6. The Morgan fingerprint density at radius 3 is 2.64 bits per heavy atom. The molecule has 0 unspecified atom stereocenters. The van der Waals surface area contributed by atoms with Crippen LogP contribution in [0.1, 0.15) is 21.5 Å². The standard InChI is InChI=1S/C20H16BrNO3/c1-24-16-7-2-5-14(11-16)13-25-17-8-3-6-15(12-17)19(23)18-9-4-10-22-20(18)21/h2-12H,13H2,1H3. The maximum absolute atomic E-state index is 12.6. The van der Waals surface area contributed by atoms with Crippen molar-refractivity contribution in [2.24, 2.45) is 0 Å². The zero-order valence-corrected chi connectivity index (χ0v) is 15.2. The number of carbonyl (C=O) groups excluding carboxylic acids is 1. The van der Waals surface area contributed by atoms with E-state index in [-0.39, 0.29) is 5.78 Å². The molecule has 0 aliphatic rings. The van der Waals surface area contributed by atoms with Crippen molar-refractivity contribution in [3.8, 4) is 11.5 Å². The van der Waals surface area contributed by atoms with Gasteiger partial charge in [-0.2, -0.15) is 0 Å². The molecule has 3 rings (SSSR count). The molecule has 2 aromatic carbocycles. The molecule has 0 saturated heterocycles. The molecule has 0 radical (unpaired) electrons. The van der Waals surface area contributed by atoms with Gasteiger partial charge in [0.2, 0.25) is 0 Å². The number of pyridine rings is 1. The smallest absolute Gasteiger partial charge is 0.195 e. The van der Waals surface area contributed by atoms with Crippen LogP contribution >= 0.6 is 15.9 Å². The molecule has 0 aliphatic carbocycles. The predicted octanol–water partition coefficient (Wildman–Crippen LogP) is 4.66. The number of benzene rings is 2. The predicted molar refractivity (Wildman–Crippen MR) is 99.1 cm³/mol. The molecule has 1 heterocycles. The van der Waals surface area contributed by atoms with Gasteiger partial charge in [-0.15, -0.1) is 0 Å². The number of halogens is 1. The number of ether oxygens (including phenoxy) is 2. The number of hydrogen-bond donors (Lipinski definition) is 0. The Morgan fingerprint density at radius 1 is 1.04 bits per heavy atom. The Hall–Kier alpha value is -2.66. The second kappa shape index (κ2) is 7.94. The number of rotatable bonds is 6. The monoisotopic (exact) mass is 397 g/mol. The van der Waals surface area contributed by atoms with E-state index in [9.17, 15) is 4.79 Å². The van der Waals surface area contributed by atoms with Crippen molar-refractivity contribution in [1.29, 1.82) is 0 Å². The van der Waals surface area contributed by atoms with Crippen molar-refractivity contribution < 1.29 is 14.3 Å². The van der Waals surface area contributed by atoms with Crippen LogP contribution in [0.3, 0.4) is 0 Å². The summed E-state index contributed by atoms with van der Waals surface area (Å²) in [7, 11) is 1.63. The highest BCUT2D eigenvalue weighted by atomic mass is 79.9. The van der Waals surface area contributed by atoms with E-state index in [2.05, 4.69) is 20.9 Å². The van der Waals surface area contributed by atoms with Gasteiger partial charge in [-0.3, -0.25) is 4.79 Å². The molecule has 4 nitrogen and oxygen atoms in total. The fourth-order valence-corrected chi connectivity index (χ4v) is 2.80. The largest absolute Gasteiger partial charge is 0.497 e. The fourth-order valence-electron chi connectivity index (χ4n) is 2.37. The van der Waals surface area contributed by atoms with E-state index < -0.39 is 0 Å². The molecular formula is C20H16BrNO3. The number of aromatic nitrogens is 1. The molecule has 0 saturated carbocycles. The van der Waals surface area contributed by atoms with Crippen molar-refractivity contribution in [2.75, 3.05) is 7.11 Å². The Labute approximate surface area is 154 Å². The summed E-state index contributed by atoms with van der Waals surface area (Å²) in [5, 5.41) is 0. The molecular weight excluding hydrogens is 382 g/mol. The second-order valence-electron chi connectivity index (χ2n) is 5.34. The van der Waals surface area contributed by atoms with Crippen molar-refractivity contribution in [1.82, 2.24) is 4.98 Å². The summed E-state index contributed by atoms with van der Waals surface area (Å²) in [5.74, 6) is 1.31. The second-order valence-corrected chi connectivity index (χ2v) is 6.09. The van der Waals surface area contributed by atoms with Crippen molar-refractivity contribution >= 4 is 21.7 Å². The van der Waals surface area contributed by atoms with Crippen LogP contribution in [0, 0.1) is 0 Å². The summed E-state index contributed by atoms with van der Waals surface area (Å²) in [5.41, 5.74) is 2.07. The number of nitrogens with zero attached hydrogens (tertiary/aromatic N) is 1. The van der Waals surface area contributed by atoms with Crippen molar-refractivity contribution in [3.05, 3.63) is 88.2 Å². The van der Waals surface area contributed by atoms with Gasteiger partial charge in [-0.25, -0.2) is 4.98 Å². The zero-order valence-electron chi connectivity index (χ0n) is 13.6. The lowest BCUT2D eigenvalue weighted by Gasteiger charge is -2.09. The highest BCUT2D eigenvalue weighted by Crippen LogP contribution is 2.21. The Kier molecular flexibility index (Phi) is 5.46. The van der Waals surface area contributed by atoms with Gasteiger partial charge in [-0.1, -0.05) is 24.3 Å². The summed E-state index contributed by atoms with van der Waals surface area (Å²) in [6, 6.07) is 18.3. The summed E-state index contributed by atoms with van der Waals surface area (Å²) >= 11 is 3.31. The van der Waals surface area contributed by atoms with E-state index in [1.807, 2.05) is 30.3 Å². The van der Waals surface area contributed by atoms with Crippen LogP contribution in [0.5, 0.6) is 11.5 Å². The number of carbonyl (C=O) groups is 1. The molecule has 0 fully saturated rings. The minimum Gasteiger partial charge on any atom is -0.497 e. The van der Waals surface area contributed by atoms with Crippen LogP contribution in [0.2, 0.25) is 0 Å². The van der Waals surface area contributed by atoms with Crippen LogP contribution in [0.4, 0.5) is 0 Å². The van der Waals surface area contributed by atoms with Gasteiger partial charge in [0.15, 0.2) is 5.78 Å². The number of methoxy groups -OCH3 is 1. The van der Waals surface area contributed by atoms with E-state index in [0.29, 0.717) is 28.1 Å². The van der Waals surface area contributed by atoms with E-state index >= 15 is 0 Å². The van der Waals surface area contributed by atoms with Gasteiger partial charge in [0.05, 0.1) is 12.7 Å². The van der Waals surface area contributed by atoms with E-state index in [1.54, 1.807) is 43.6 Å². The lowest BCUT2D eigenvalue weighted by Crippen LogP contribution is -2.04. The normalized spacial score (nSPS) is 10.3. The first-order valence-electron chi connectivity index (χ1n) is 7.68. The molecule has 5 heteroatoms. The van der Waals surface area contributed by atoms with E-state index in [1.165, 1.54) is 0 Å². The minimum atomic E-state index is -0.105. The third kappa shape index (κ3) is 4.25. The quantitative estimate of drug-likeness (QED) is 0.448. The van der Waals surface area contributed by atoms with Gasteiger partial charge in [0, 0.05) is 11.8 Å². The molecule has 0 atom stereocenters. The highest BCUT2D eigenvalue weighted by molar-refractivity contribution is 9.10. The molecule has 126 valence electrons. The van der Waals surface area contributed by atoms with E-state index in [4.69, 9.17) is 9.47 Å². The maximum Gasteiger partial charge on any atom is 0.195 e. The molecule has 1 aromatic heterocycles. The lowest BCUT2D eigenvalue weighted by atomic mass is 10.1. The summed E-state index contributed by atoms with van der Waals surface area (Å²) in [6.07, 6.45) is 1.63. The SMILES string of the molecule is COc1cccc(COc2cccc(C(=O)c3cccnc3Br)c2)c1. The average Bonchev–Trinajstić information content (AvgIpc) is 2.66. The molecule has 0 aliphatic heterocycles.